The molecule has 2 heterocycles. The van der Waals surface area contributed by atoms with Gasteiger partial charge >= 0.3 is 0 Å². The van der Waals surface area contributed by atoms with E-state index in [0.717, 1.165) is 77.4 Å². The number of ether oxygens (including phenoxy) is 1. The maximum atomic E-state index is 9.82. The number of aromatic amines is 1. The van der Waals surface area contributed by atoms with Gasteiger partial charge in [0.15, 0.2) is 0 Å². The van der Waals surface area contributed by atoms with E-state index in [1.165, 1.54) is 5.56 Å². The Bertz CT molecular complexity index is 1400. The molecule has 0 bridgehead atoms. The minimum atomic E-state index is 0.513. The number of hydrogen-bond acceptors (Lipinski definition) is 5. The third kappa shape index (κ3) is 6.01. The molecule has 6 heteroatoms. The van der Waals surface area contributed by atoms with Crippen LogP contribution in [0.5, 0.6) is 0 Å². The number of nitrogens with one attached hydrogen (secondary N) is 3. The molecule has 4 rings (SSSR count). The van der Waals surface area contributed by atoms with Crippen molar-refractivity contribution in [3.05, 3.63) is 88.4 Å². The Hall–Kier alpha value is -3.92. The number of pyridine rings is 1. The molecule has 0 aliphatic carbocycles. The first-order valence-corrected chi connectivity index (χ1v) is 12.4. The van der Waals surface area contributed by atoms with Crippen molar-refractivity contribution in [1.29, 1.82) is 5.26 Å². The molecular formula is C30H33N5O. The zero-order valence-corrected chi connectivity index (χ0v) is 21.2. The Morgan fingerprint density at radius 2 is 2.03 bits per heavy atom. The predicted molar refractivity (Wildman–Crippen MR) is 148 cm³/mol. The van der Waals surface area contributed by atoms with Crippen LogP contribution in [0.25, 0.3) is 23.1 Å². The van der Waals surface area contributed by atoms with Crippen molar-refractivity contribution in [2.24, 2.45) is 0 Å². The van der Waals surface area contributed by atoms with Crippen molar-refractivity contribution < 1.29 is 4.74 Å². The summed E-state index contributed by atoms with van der Waals surface area (Å²) >= 11 is 0. The number of nitrogens with zero attached hydrogens (tertiary/aromatic N) is 2. The van der Waals surface area contributed by atoms with Crippen LogP contribution >= 0.6 is 0 Å². The van der Waals surface area contributed by atoms with Gasteiger partial charge in [0.1, 0.15) is 6.07 Å². The van der Waals surface area contributed by atoms with Crippen LogP contribution in [-0.2, 0) is 11.3 Å². The number of hydrogen-bond donors (Lipinski definition) is 3. The van der Waals surface area contributed by atoms with E-state index in [1.54, 1.807) is 6.20 Å². The molecule has 6 nitrogen and oxygen atoms in total. The lowest BCUT2D eigenvalue weighted by molar-refractivity contribution is 0.144. The van der Waals surface area contributed by atoms with Gasteiger partial charge in [0, 0.05) is 60.0 Å². The standard InChI is InChI=1S/C30H33N5O/c1-4-36-16-6-14-32-19-24-8-5-7-23(17-24)9-10-27-22(3)34-20-25(18-31)30(27)35-28-11-12-29-26(21(28)2)13-15-33-29/h5,7-13,15,17,20,32-33H,4,6,14,16,19H2,1-3H3,(H,34,35). The van der Waals surface area contributed by atoms with Crippen LogP contribution in [0.4, 0.5) is 11.4 Å². The first-order valence-electron chi connectivity index (χ1n) is 12.4. The van der Waals surface area contributed by atoms with E-state index in [-0.39, 0.29) is 0 Å². The summed E-state index contributed by atoms with van der Waals surface area (Å²) < 4.78 is 5.39. The topological polar surface area (TPSA) is 85.8 Å². The number of rotatable bonds is 11. The number of anilines is 2. The zero-order chi connectivity index (χ0) is 25.3. The van der Waals surface area contributed by atoms with Crippen molar-refractivity contribution in [1.82, 2.24) is 15.3 Å². The van der Waals surface area contributed by atoms with Crippen LogP contribution in [0, 0.1) is 25.2 Å². The Labute approximate surface area is 213 Å². The summed E-state index contributed by atoms with van der Waals surface area (Å²) in [4.78, 5) is 7.73. The fourth-order valence-corrected chi connectivity index (χ4v) is 4.26. The monoisotopic (exact) mass is 479 g/mol. The summed E-state index contributed by atoms with van der Waals surface area (Å²) in [7, 11) is 0. The fraction of sp³-hybridized carbons (Fsp3) is 0.267. The number of fused-ring (bicyclic) bond motifs is 1. The van der Waals surface area contributed by atoms with E-state index in [2.05, 4.69) is 76.1 Å². The highest BCUT2D eigenvalue weighted by Gasteiger charge is 2.13. The van der Waals surface area contributed by atoms with Crippen molar-refractivity contribution in [3.8, 4) is 6.07 Å². The quantitative estimate of drug-likeness (QED) is 0.214. The molecule has 184 valence electrons. The molecule has 0 fully saturated rings. The van der Waals surface area contributed by atoms with E-state index in [0.29, 0.717) is 5.56 Å². The Kier molecular flexibility index (Phi) is 8.51. The molecule has 0 radical (unpaired) electrons. The summed E-state index contributed by atoms with van der Waals surface area (Å²) in [6.07, 6.45) is 8.71. The van der Waals surface area contributed by atoms with Crippen LogP contribution in [0.15, 0.2) is 54.9 Å². The Balaban J connectivity index is 1.56. The number of aryl methyl sites for hydroxylation is 2. The molecule has 2 aromatic carbocycles. The molecule has 0 amide bonds. The van der Waals surface area contributed by atoms with Crippen LogP contribution in [0.2, 0.25) is 0 Å². The lowest BCUT2D eigenvalue weighted by Crippen LogP contribution is -2.16. The molecule has 0 saturated heterocycles. The molecule has 0 atom stereocenters. The highest BCUT2D eigenvalue weighted by atomic mass is 16.5. The minimum Gasteiger partial charge on any atom is -0.382 e. The largest absolute Gasteiger partial charge is 0.382 e. The Morgan fingerprint density at radius 3 is 2.86 bits per heavy atom. The lowest BCUT2D eigenvalue weighted by Gasteiger charge is -2.16. The van der Waals surface area contributed by atoms with Crippen LogP contribution in [-0.4, -0.2) is 29.7 Å². The molecule has 3 N–H and O–H groups in total. The molecule has 0 spiro atoms. The van der Waals surface area contributed by atoms with Gasteiger partial charge in [-0.15, -0.1) is 0 Å². The first kappa shape index (κ1) is 25.2. The smallest absolute Gasteiger partial charge is 0.103 e. The van der Waals surface area contributed by atoms with Gasteiger partial charge in [0.25, 0.3) is 0 Å². The first-order chi connectivity index (χ1) is 17.6. The maximum Gasteiger partial charge on any atom is 0.103 e. The van der Waals surface area contributed by atoms with Crippen LogP contribution < -0.4 is 10.6 Å². The second-order valence-corrected chi connectivity index (χ2v) is 8.77. The average molecular weight is 480 g/mol. The van der Waals surface area contributed by atoms with Gasteiger partial charge in [-0.25, -0.2) is 0 Å². The summed E-state index contributed by atoms with van der Waals surface area (Å²) in [5.74, 6) is 0. The molecular weight excluding hydrogens is 446 g/mol. The molecule has 0 unspecified atom stereocenters. The fourth-order valence-electron chi connectivity index (χ4n) is 4.26. The molecule has 2 aromatic heterocycles. The summed E-state index contributed by atoms with van der Waals surface area (Å²) in [6.45, 7) is 9.36. The summed E-state index contributed by atoms with van der Waals surface area (Å²) in [5.41, 5.74) is 8.56. The van der Waals surface area contributed by atoms with E-state index in [4.69, 9.17) is 4.74 Å². The van der Waals surface area contributed by atoms with Gasteiger partial charge in [0.05, 0.1) is 11.3 Å². The van der Waals surface area contributed by atoms with Crippen LogP contribution in [0.3, 0.4) is 0 Å². The van der Waals surface area contributed by atoms with Gasteiger partial charge in [-0.3, -0.25) is 4.98 Å². The number of nitriles is 1. The summed E-state index contributed by atoms with van der Waals surface area (Å²) in [5, 5.41) is 18.0. The SMILES string of the molecule is CCOCCCNCc1cccc(C=Cc2c(C)ncc(C#N)c2Nc2ccc3[nH]ccc3c2C)c1. The van der Waals surface area contributed by atoms with Gasteiger partial charge in [-0.2, -0.15) is 5.26 Å². The van der Waals surface area contributed by atoms with E-state index in [1.807, 2.05) is 32.2 Å². The highest BCUT2D eigenvalue weighted by molar-refractivity contribution is 5.90. The van der Waals surface area contributed by atoms with Gasteiger partial charge in [-0.1, -0.05) is 36.4 Å². The van der Waals surface area contributed by atoms with Crippen molar-refractivity contribution in [2.75, 3.05) is 25.1 Å². The van der Waals surface area contributed by atoms with Crippen LogP contribution in [0.1, 0.15) is 46.9 Å². The van der Waals surface area contributed by atoms with E-state index < -0.39 is 0 Å². The minimum absolute atomic E-state index is 0.513. The normalized spacial score (nSPS) is 11.3. The molecule has 0 saturated carbocycles. The maximum absolute atomic E-state index is 9.82. The van der Waals surface area contributed by atoms with Crippen molar-refractivity contribution in [3.63, 3.8) is 0 Å². The second kappa shape index (κ2) is 12.2. The number of H-pyrrole nitrogens is 1. The van der Waals surface area contributed by atoms with Gasteiger partial charge in [0.2, 0.25) is 0 Å². The van der Waals surface area contributed by atoms with E-state index >= 15 is 0 Å². The van der Waals surface area contributed by atoms with Crippen molar-refractivity contribution in [2.45, 2.75) is 33.7 Å². The highest BCUT2D eigenvalue weighted by Crippen LogP contribution is 2.32. The molecule has 36 heavy (non-hydrogen) atoms. The third-order valence-corrected chi connectivity index (χ3v) is 6.27. The predicted octanol–water partition coefficient (Wildman–Crippen LogP) is 6.48. The molecule has 0 aliphatic rings. The number of aromatic nitrogens is 2. The average Bonchev–Trinajstić information content (AvgIpc) is 3.38. The zero-order valence-electron chi connectivity index (χ0n) is 21.2. The Morgan fingerprint density at radius 1 is 1.14 bits per heavy atom. The molecule has 4 aromatic rings. The number of benzene rings is 2. The third-order valence-electron chi connectivity index (χ3n) is 6.27. The lowest BCUT2D eigenvalue weighted by atomic mass is 10.0. The van der Waals surface area contributed by atoms with E-state index in [9.17, 15) is 5.26 Å². The second-order valence-electron chi connectivity index (χ2n) is 8.77. The van der Waals surface area contributed by atoms with Gasteiger partial charge < -0.3 is 20.4 Å². The van der Waals surface area contributed by atoms with Gasteiger partial charge in [-0.05, 0) is 68.6 Å². The summed E-state index contributed by atoms with van der Waals surface area (Å²) in [6, 6.07) is 16.9. The molecule has 0 aliphatic heterocycles. The van der Waals surface area contributed by atoms with Crippen molar-refractivity contribution >= 4 is 34.4 Å².